The number of aromatic amines is 1. The van der Waals surface area contributed by atoms with Crippen LogP contribution in [0.3, 0.4) is 0 Å². The average molecular weight is 475 g/mol. The predicted octanol–water partition coefficient (Wildman–Crippen LogP) is 4.90. The number of ether oxygens (including phenoxy) is 2. The number of halogens is 1. The molecule has 0 radical (unpaired) electrons. The fraction of sp³-hybridized carbons (Fsp3) is 0.348. The number of hydrogen-bond acceptors (Lipinski definition) is 4. The van der Waals surface area contributed by atoms with Crippen molar-refractivity contribution in [2.45, 2.75) is 39.3 Å². The molecule has 30 heavy (non-hydrogen) atoms. The summed E-state index contributed by atoms with van der Waals surface area (Å²) in [6.07, 6.45) is 3.17. The number of nitrogens with one attached hydrogen (secondary N) is 2. The Balaban J connectivity index is 1.75. The molecule has 1 heterocycles. The Bertz CT molecular complexity index is 1000. The van der Waals surface area contributed by atoms with Crippen LogP contribution >= 0.6 is 15.9 Å². The van der Waals surface area contributed by atoms with E-state index in [0.717, 1.165) is 32.9 Å². The van der Waals surface area contributed by atoms with Gasteiger partial charge in [-0.3, -0.25) is 10.1 Å². The van der Waals surface area contributed by atoms with Gasteiger partial charge in [-0.1, -0.05) is 41.1 Å². The van der Waals surface area contributed by atoms with Crippen LogP contribution < -0.4 is 14.8 Å². The number of benzene rings is 2. The lowest BCUT2D eigenvalue weighted by atomic mass is 10.0. The Labute approximate surface area is 184 Å². The van der Waals surface area contributed by atoms with E-state index in [9.17, 15) is 9.90 Å². The van der Waals surface area contributed by atoms with E-state index in [1.807, 2.05) is 56.4 Å². The van der Waals surface area contributed by atoms with Gasteiger partial charge in [-0.2, -0.15) is 0 Å². The standard InChI is InChI=1S/C23H27BrN2O4/c1-3-9-30-22-12-18(24)16(11-21(22)29-4-2)14-26-20(23(27)28)10-15-13-25-19-8-6-5-7-17(15)19/h5-8,11-13,20,25-26H,3-4,9-10,14H2,1-2H3,(H,27,28). The summed E-state index contributed by atoms with van der Waals surface area (Å²) in [5, 5.41) is 14.0. The van der Waals surface area contributed by atoms with Gasteiger partial charge in [-0.05, 0) is 42.7 Å². The Morgan fingerprint density at radius 1 is 1.17 bits per heavy atom. The zero-order chi connectivity index (χ0) is 21.5. The van der Waals surface area contributed by atoms with Crippen molar-refractivity contribution < 1.29 is 19.4 Å². The summed E-state index contributed by atoms with van der Waals surface area (Å²) in [7, 11) is 0. The topological polar surface area (TPSA) is 83.6 Å². The molecule has 0 aliphatic rings. The lowest BCUT2D eigenvalue weighted by Gasteiger charge is -2.17. The Morgan fingerprint density at radius 2 is 1.93 bits per heavy atom. The molecule has 3 N–H and O–H groups in total. The van der Waals surface area contributed by atoms with Crippen molar-refractivity contribution in [3.05, 3.63) is 58.2 Å². The Morgan fingerprint density at radius 3 is 2.67 bits per heavy atom. The third-order valence-electron chi connectivity index (χ3n) is 4.81. The molecule has 0 saturated carbocycles. The van der Waals surface area contributed by atoms with Crippen LogP contribution in [0.15, 0.2) is 47.1 Å². The van der Waals surface area contributed by atoms with Gasteiger partial charge >= 0.3 is 5.97 Å². The highest BCUT2D eigenvalue weighted by atomic mass is 79.9. The molecular weight excluding hydrogens is 448 g/mol. The van der Waals surface area contributed by atoms with Crippen LogP contribution in [-0.2, 0) is 17.8 Å². The van der Waals surface area contributed by atoms with Gasteiger partial charge < -0.3 is 19.6 Å². The number of carbonyl (C=O) groups is 1. The van der Waals surface area contributed by atoms with E-state index in [1.54, 1.807) is 0 Å². The Hall–Kier alpha value is -2.51. The van der Waals surface area contributed by atoms with E-state index in [-0.39, 0.29) is 0 Å². The van der Waals surface area contributed by atoms with Gasteiger partial charge in [0, 0.05) is 34.5 Å². The van der Waals surface area contributed by atoms with Crippen molar-refractivity contribution in [2.24, 2.45) is 0 Å². The van der Waals surface area contributed by atoms with Gasteiger partial charge in [0.2, 0.25) is 0 Å². The number of para-hydroxylation sites is 1. The highest BCUT2D eigenvalue weighted by Gasteiger charge is 2.20. The molecule has 0 saturated heterocycles. The van der Waals surface area contributed by atoms with Crippen molar-refractivity contribution in [1.29, 1.82) is 0 Å². The summed E-state index contributed by atoms with van der Waals surface area (Å²) in [4.78, 5) is 15.1. The normalized spacial score (nSPS) is 12.1. The fourth-order valence-corrected chi connectivity index (χ4v) is 3.77. The van der Waals surface area contributed by atoms with Gasteiger partial charge in [-0.15, -0.1) is 0 Å². The van der Waals surface area contributed by atoms with E-state index >= 15 is 0 Å². The molecule has 3 aromatic rings. The van der Waals surface area contributed by atoms with Crippen molar-refractivity contribution in [2.75, 3.05) is 13.2 Å². The van der Waals surface area contributed by atoms with E-state index < -0.39 is 12.0 Å². The van der Waals surface area contributed by atoms with Crippen LogP contribution in [0.4, 0.5) is 0 Å². The lowest BCUT2D eigenvalue weighted by molar-refractivity contribution is -0.139. The summed E-state index contributed by atoms with van der Waals surface area (Å²) in [6, 6.07) is 11.0. The SMILES string of the molecule is CCCOc1cc(Br)c(CNC(Cc2c[nH]c3ccccc23)C(=O)O)cc1OCC. The van der Waals surface area contributed by atoms with Gasteiger partial charge in [0.05, 0.1) is 13.2 Å². The van der Waals surface area contributed by atoms with Crippen molar-refractivity contribution in [3.8, 4) is 11.5 Å². The summed E-state index contributed by atoms with van der Waals surface area (Å²) >= 11 is 3.58. The highest BCUT2D eigenvalue weighted by molar-refractivity contribution is 9.10. The zero-order valence-electron chi connectivity index (χ0n) is 17.2. The molecule has 7 heteroatoms. The second-order valence-corrected chi connectivity index (χ2v) is 7.86. The smallest absolute Gasteiger partial charge is 0.321 e. The van der Waals surface area contributed by atoms with E-state index in [0.29, 0.717) is 37.7 Å². The number of carboxylic acid groups (broad SMARTS) is 1. The maximum absolute atomic E-state index is 11.9. The highest BCUT2D eigenvalue weighted by Crippen LogP contribution is 2.34. The van der Waals surface area contributed by atoms with Gasteiger partial charge in [0.15, 0.2) is 11.5 Å². The quantitative estimate of drug-likeness (QED) is 0.367. The number of hydrogen-bond donors (Lipinski definition) is 3. The molecule has 0 aliphatic carbocycles. The average Bonchev–Trinajstić information content (AvgIpc) is 3.14. The van der Waals surface area contributed by atoms with Gasteiger partial charge in [0.25, 0.3) is 0 Å². The van der Waals surface area contributed by atoms with Crippen LogP contribution in [0.25, 0.3) is 10.9 Å². The van der Waals surface area contributed by atoms with E-state index in [1.165, 1.54) is 0 Å². The molecule has 0 amide bonds. The lowest BCUT2D eigenvalue weighted by Crippen LogP contribution is -2.38. The fourth-order valence-electron chi connectivity index (χ4n) is 3.31. The van der Waals surface area contributed by atoms with Crippen LogP contribution in [0.2, 0.25) is 0 Å². The first-order chi connectivity index (χ1) is 14.5. The molecular formula is C23H27BrN2O4. The molecule has 6 nitrogen and oxygen atoms in total. The number of H-pyrrole nitrogens is 1. The molecule has 0 fully saturated rings. The van der Waals surface area contributed by atoms with Gasteiger partial charge in [-0.25, -0.2) is 0 Å². The van der Waals surface area contributed by atoms with Crippen molar-refractivity contribution >= 4 is 32.8 Å². The molecule has 0 spiro atoms. The van der Waals surface area contributed by atoms with Crippen molar-refractivity contribution in [3.63, 3.8) is 0 Å². The molecule has 1 unspecified atom stereocenters. The first kappa shape index (κ1) is 22.2. The zero-order valence-corrected chi connectivity index (χ0v) is 18.8. The Kier molecular flexibility index (Phi) is 7.76. The maximum atomic E-state index is 11.9. The van der Waals surface area contributed by atoms with Crippen LogP contribution in [0, 0.1) is 0 Å². The van der Waals surface area contributed by atoms with Gasteiger partial charge in [0.1, 0.15) is 6.04 Å². The molecule has 0 bridgehead atoms. The minimum Gasteiger partial charge on any atom is -0.490 e. The molecule has 1 atom stereocenters. The van der Waals surface area contributed by atoms with Crippen LogP contribution in [-0.4, -0.2) is 35.3 Å². The molecule has 2 aromatic carbocycles. The number of carboxylic acids is 1. The molecule has 1 aromatic heterocycles. The number of aromatic nitrogens is 1. The molecule has 0 aliphatic heterocycles. The monoisotopic (exact) mass is 474 g/mol. The minimum atomic E-state index is -0.885. The summed E-state index contributed by atoms with van der Waals surface area (Å²) in [5.74, 6) is 0.460. The third-order valence-corrected chi connectivity index (χ3v) is 5.55. The largest absolute Gasteiger partial charge is 0.490 e. The van der Waals surface area contributed by atoms with E-state index in [2.05, 4.69) is 26.2 Å². The second kappa shape index (κ2) is 10.5. The second-order valence-electron chi connectivity index (χ2n) is 7.01. The molecule has 160 valence electrons. The number of fused-ring (bicyclic) bond motifs is 1. The number of rotatable bonds is 11. The predicted molar refractivity (Wildman–Crippen MR) is 121 cm³/mol. The third kappa shape index (κ3) is 5.34. The summed E-state index contributed by atoms with van der Waals surface area (Å²) in [6.45, 7) is 5.48. The first-order valence-electron chi connectivity index (χ1n) is 10.1. The molecule has 3 rings (SSSR count). The van der Waals surface area contributed by atoms with E-state index in [4.69, 9.17) is 9.47 Å². The van der Waals surface area contributed by atoms with Crippen molar-refractivity contribution in [1.82, 2.24) is 10.3 Å². The summed E-state index contributed by atoms with van der Waals surface area (Å²) < 4.78 is 12.3. The maximum Gasteiger partial charge on any atom is 0.321 e. The van der Waals surface area contributed by atoms with Crippen LogP contribution in [0.1, 0.15) is 31.4 Å². The summed E-state index contributed by atoms with van der Waals surface area (Å²) in [5.41, 5.74) is 2.89. The number of aliphatic carboxylic acids is 1. The minimum absolute atomic E-state index is 0.382. The first-order valence-corrected chi connectivity index (χ1v) is 10.9. The van der Waals surface area contributed by atoms with Crippen LogP contribution in [0.5, 0.6) is 11.5 Å².